The van der Waals surface area contributed by atoms with Gasteiger partial charge in [0.2, 0.25) is 0 Å². The Balaban J connectivity index is 1.57. The zero-order valence-corrected chi connectivity index (χ0v) is 21.3. The van der Waals surface area contributed by atoms with Crippen molar-refractivity contribution in [3.05, 3.63) is 59.4 Å². The first-order valence-electron chi connectivity index (χ1n) is 12.7. The van der Waals surface area contributed by atoms with Gasteiger partial charge in [-0.3, -0.25) is 4.79 Å². The molecule has 35 heavy (non-hydrogen) atoms. The first-order valence-corrected chi connectivity index (χ1v) is 12.7. The number of rotatable bonds is 9. The normalized spacial score (nSPS) is 13.2. The van der Waals surface area contributed by atoms with Gasteiger partial charge in [0.05, 0.1) is 11.0 Å². The number of nitrogens with zero attached hydrogens (tertiary/aromatic N) is 4. The standard InChI is InChI=1S/C28H36N4O3/c1-5-30(6-2)27(33)22-10-13-25-24(19-22)29-26(32(25)17-14-20(3)4)18-21-8-11-23(12-9-21)35-28(34)31-15-7-16-31/h8-13,19-20H,5-7,14-18H2,1-4H3. The topological polar surface area (TPSA) is 67.7 Å². The van der Waals surface area contributed by atoms with E-state index in [0.717, 1.165) is 54.9 Å². The molecule has 1 aliphatic rings. The van der Waals surface area contributed by atoms with Crippen molar-refractivity contribution < 1.29 is 14.3 Å². The van der Waals surface area contributed by atoms with Crippen LogP contribution in [0.5, 0.6) is 5.75 Å². The summed E-state index contributed by atoms with van der Waals surface area (Å²) in [5.74, 6) is 2.14. The van der Waals surface area contributed by atoms with Crippen molar-refractivity contribution in [2.24, 2.45) is 5.92 Å². The van der Waals surface area contributed by atoms with Crippen LogP contribution in [0.4, 0.5) is 4.79 Å². The molecule has 1 saturated heterocycles. The monoisotopic (exact) mass is 476 g/mol. The highest BCUT2D eigenvalue weighted by Crippen LogP contribution is 2.23. The molecule has 0 atom stereocenters. The number of fused-ring (bicyclic) bond motifs is 1. The average molecular weight is 477 g/mol. The van der Waals surface area contributed by atoms with Crippen LogP contribution in [0.25, 0.3) is 11.0 Å². The number of likely N-dealkylation sites (tertiary alicyclic amines) is 1. The first kappa shape index (κ1) is 24.8. The highest BCUT2D eigenvalue weighted by atomic mass is 16.6. The molecule has 1 aliphatic heterocycles. The van der Waals surface area contributed by atoms with Crippen LogP contribution in [0.2, 0.25) is 0 Å². The molecule has 0 bridgehead atoms. The summed E-state index contributed by atoms with van der Waals surface area (Å²) < 4.78 is 7.74. The SMILES string of the molecule is CCN(CC)C(=O)c1ccc2c(c1)nc(Cc1ccc(OC(=O)N3CCC3)cc1)n2CCC(C)C. The molecule has 2 heterocycles. The Morgan fingerprint density at radius 3 is 2.37 bits per heavy atom. The van der Waals surface area contributed by atoms with Gasteiger partial charge in [-0.15, -0.1) is 0 Å². The van der Waals surface area contributed by atoms with E-state index in [1.807, 2.05) is 61.2 Å². The van der Waals surface area contributed by atoms with Gasteiger partial charge in [0.25, 0.3) is 5.91 Å². The molecule has 1 aromatic heterocycles. The molecule has 0 saturated carbocycles. The minimum Gasteiger partial charge on any atom is -0.410 e. The molecule has 2 aromatic carbocycles. The molecular formula is C28H36N4O3. The van der Waals surface area contributed by atoms with Crippen LogP contribution < -0.4 is 4.74 Å². The highest BCUT2D eigenvalue weighted by molar-refractivity contribution is 5.97. The Hall–Kier alpha value is -3.35. The van der Waals surface area contributed by atoms with Crippen LogP contribution in [0.3, 0.4) is 0 Å². The maximum Gasteiger partial charge on any atom is 0.415 e. The van der Waals surface area contributed by atoms with E-state index in [1.54, 1.807) is 4.90 Å². The van der Waals surface area contributed by atoms with E-state index in [0.29, 0.717) is 36.7 Å². The predicted molar refractivity (Wildman–Crippen MR) is 138 cm³/mol. The van der Waals surface area contributed by atoms with E-state index in [2.05, 4.69) is 18.4 Å². The number of imidazole rings is 1. The van der Waals surface area contributed by atoms with Crippen molar-refractivity contribution in [1.82, 2.24) is 19.4 Å². The first-order chi connectivity index (χ1) is 16.9. The summed E-state index contributed by atoms with van der Waals surface area (Å²) >= 11 is 0. The minimum absolute atomic E-state index is 0.0403. The smallest absolute Gasteiger partial charge is 0.410 e. The summed E-state index contributed by atoms with van der Waals surface area (Å²) in [4.78, 5) is 33.4. The van der Waals surface area contributed by atoms with Gasteiger partial charge in [0.15, 0.2) is 0 Å². The van der Waals surface area contributed by atoms with Gasteiger partial charge in [-0.25, -0.2) is 9.78 Å². The van der Waals surface area contributed by atoms with Gasteiger partial charge >= 0.3 is 6.09 Å². The molecule has 2 amide bonds. The largest absolute Gasteiger partial charge is 0.415 e. The minimum atomic E-state index is -0.283. The molecule has 1 fully saturated rings. The lowest BCUT2D eigenvalue weighted by molar-refractivity contribution is 0.0773. The predicted octanol–water partition coefficient (Wildman–Crippen LogP) is 5.36. The molecule has 4 rings (SSSR count). The molecule has 7 heteroatoms. The molecule has 0 radical (unpaired) electrons. The van der Waals surface area contributed by atoms with Crippen molar-refractivity contribution in [2.75, 3.05) is 26.2 Å². The lowest BCUT2D eigenvalue weighted by atomic mass is 10.1. The maximum absolute atomic E-state index is 12.9. The number of aromatic nitrogens is 2. The van der Waals surface area contributed by atoms with E-state index in [4.69, 9.17) is 9.72 Å². The molecule has 0 spiro atoms. The molecule has 0 unspecified atom stereocenters. The second kappa shape index (κ2) is 10.9. The van der Waals surface area contributed by atoms with E-state index in [1.165, 1.54) is 0 Å². The molecular weight excluding hydrogens is 440 g/mol. The van der Waals surface area contributed by atoms with Crippen LogP contribution in [0.1, 0.15) is 62.3 Å². The Morgan fingerprint density at radius 1 is 1.06 bits per heavy atom. The third-order valence-corrected chi connectivity index (χ3v) is 6.66. The number of ether oxygens (including phenoxy) is 1. The van der Waals surface area contributed by atoms with Crippen molar-refractivity contribution in [1.29, 1.82) is 0 Å². The van der Waals surface area contributed by atoms with Crippen molar-refractivity contribution >= 4 is 23.0 Å². The van der Waals surface area contributed by atoms with E-state index >= 15 is 0 Å². The van der Waals surface area contributed by atoms with Crippen LogP contribution in [0.15, 0.2) is 42.5 Å². The van der Waals surface area contributed by atoms with Gasteiger partial charge in [0, 0.05) is 44.7 Å². The molecule has 7 nitrogen and oxygen atoms in total. The molecule has 0 aliphatic carbocycles. The molecule has 3 aromatic rings. The molecule has 186 valence electrons. The van der Waals surface area contributed by atoms with Crippen LogP contribution in [-0.2, 0) is 13.0 Å². The van der Waals surface area contributed by atoms with Gasteiger partial charge in [-0.1, -0.05) is 26.0 Å². The van der Waals surface area contributed by atoms with Gasteiger partial charge in [-0.05, 0) is 68.5 Å². The Morgan fingerprint density at radius 2 is 1.77 bits per heavy atom. The number of hydrogen-bond donors (Lipinski definition) is 0. The number of benzene rings is 2. The van der Waals surface area contributed by atoms with E-state index in [-0.39, 0.29) is 12.0 Å². The number of carbonyl (C=O) groups excluding carboxylic acids is 2. The summed E-state index contributed by atoms with van der Waals surface area (Å²) in [6.45, 7) is 12.2. The van der Waals surface area contributed by atoms with Crippen molar-refractivity contribution in [3.8, 4) is 5.75 Å². The second-order valence-corrected chi connectivity index (χ2v) is 9.57. The lowest BCUT2D eigenvalue weighted by Gasteiger charge is -2.29. The summed E-state index contributed by atoms with van der Waals surface area (Å²) in [5.41, 5.74) is 3.67. The van der Waals surface area contributed by atoms with Crippen molar-refractivity contribution in [3.63, 3.8) is 0 Å². The van der Waals surface area contributed by atoms with E-state index < -0.39 is 0 Å². The van der Waals surface area contributed by atoms with Gasteiger partial charge in [-0.2, -0.15) is 0 Å². The van der Waals surface area contributed by atoms with Gasteiger partial charge < -0.3 is 19.1 Å². The Bertz CT molecular complexity index is 1170. The Kier molecular flexibility index (Phi) is 7.73. The number of amides is 2. The van der Waals surface area contributed by atoms with Crippen LogP contribution in [-0.4, -0.2) is 57.5 Å². The zero-order chi connectivity index (χ0) is 24.9. The second-order valence-electron chi connectivity index (χ2n) is 9.57. The van der Waals surface area contributed by atoms with Gasteiger partial charge in [0.1, 0.15) is 11.6 Å². The summed E-state index contributed by atoms with van der Waals surface area (Å²) in [6.07, 6.45) is 2.46. The van der Waals surface area contributed by atoms with Crippen LogP contribution >= 0.6 is 0 Å². The zero-order valence-electron chi connectivity index (χ0n) is 21.3. The fourth-order valence-corrected chi connectivity index (χ4v) is 4.30. The number of hydrogen-bond acceptors (Lipinski definition) is 4. The quantitative estimate of drug-likeness (QED) is 0.417. The fraction of sp³-hybridized carbons (Fsp3) is 0.464. The summed E-state index contributed by atoms with van der Waals surface area (Å²) in [5, 5.41) is 0. The summed E-state index contributed by atoms with van der Waals surface area (Å²) in [6, 6.07) is 13.5. The lowest BCUT2D eigenvalue weighted by Crippen LogP contribution is -2.43. The third-order valence-electron chi connectivity index (χ3n) is 6.66. The molecule has 0 N–H and O–H groups in total. The Labute approximate surface area is 207 Å². The van der Waals surface area contributed by atoms with Crippen molar-refractivity contribution in [2.45, 2.75) is 53.5 Å². The fourth-order valence-electron chi connectivity index (χ4n) is 4.30. The van der Waals surface area contributed by atoms with Crippen LogP contribution in [0, 0.1) is 5.92 Å². The maximum atomic E-state index is 12.9. The van der Waals surface area contributed by atoms with E-state index in [9.17, 15) is 9.59 Å². The number of aryl methyl sites for hydroxylation is 1. The number of carbonyl (C=O) groups is 2. The highest BCUT2D eigenvalue weighted by Gasteiger charge is 2.22. The summed E-state index contributed by atoms with van der Waals surface area (Å²) in [7, 11) is 0. The average Bonchev–Trinajstić information content (AvgIpc) is 3.14. The third kappa shape index (κ3) is 5.66.